The van der Waals surface area contributed by atoms with Crippen LogP contribution >= 0.6 is 11.6 Å². The fraction of sp³-hybridized carbons (Fsp3) is 0.290. The molecule has 1 saturated heterocycles. The number of carbonyl (C=O) groups is 2. The van der Waals surface area contributed by atoms with Crippen LogP contribution in [0.2, 0.25) is 5.02 Å². The fourth-order valence-corrected chi connectivity index (χ4v) is 5.20. The monoisotopic (exact) mass is 563 g/mol. The number of nitrogens with zero attached hydrogens (tertiary/aromatic N) is 3. The topological polar surface area (TPSA) is 82.5 Å². The van der Waals surface area contributed by atoms with Crippen LogP contribution in [-0.2, 0) is 9.59 Å². The second kappa shape index (κ2) is 11.9. The first-order chi connectivity index (χ1) is 19.2. The van der Waals surface area contributed by atoms with Crippen molar-refractivity contribution in [2.24, 2.45) is 0 Å². The lowest BCUT2D eigenvalue weighted by molar-refractivity contribution is -0.132. The van der Waals surface area contributed by atoms with E-state index in [0.717, 1.165) is 24.5 Å². The van der Waals surface area contributed by atoms with Crippen LogP contribution in [0.5, 0.6) is 11.5 Å². The molecule has 0 saturated carbocycles. The SMILES string of the molecule is CCN(CC)c1ccc(C2/C(=C(\O)c3cc(OC)c(Cl)cc3OC)C(=O)C(=O)N2c2ccc(N(C)C)cc2)cc1. The number of benzene rings is 3. The van der Waals surface area contributed by atoms with Crippen LogP contribution in [-0.4, -0.2) is 58.2 Å². The van der Waals surface area contributed by atoms with Gasteiger partial charge in [0.1, 0.15) is 17.3 Å². The van der Waals surface area contributed by atoms with Crippen molar-refractivity contribution in [1.29, 1.82) is 0 Å². The number of Topliss-reactive ketones (excluding diaryl/α,β-unsaturated/α-hetero) is 1. The van der Waals surface area contributed by atoms with Gasteiger partial charge in [0.25, 0.3) is 11.7 Å². The van der Waals surface area contributed by atoms with E-state index < -0.39 is 17.7 Å². The third-order valence-electron chi connectivity index (χ3n) is 7.16. The fourth-order valence-electron chi connectivity index (χ4n) is 4.97. The number of aliphatic hydroxyl groups excluding tert-OH is 1. The van der Waals surface area contributed by atoms with Gasteiger partial charge in [-0.2, -0.15) is 0 Å². The molecule has 0 aromatic heterocycles. The zero-order chi connectivity index (χ0) is 29.1. The maximum Gasteiger partial charge on any atom is 0.300 e. The van der Waals surface area contributed by atoms with Gasteiger partial charge in [-0.15, -0.1) is 0 Å². The lowest BCUT2D eigenvalue weighted by atomic mass is 9.94. The number of aliphatic hydroxyl groups is 1. The third-order valence-corrected chi connectivity index (χ3v) is 7.45. The number of ketones is 1. The molecule has 40 heavy (non-hydrogen) atoms. The van der Waals surface area contributed by atoms with Gasteiger partial charge in [-0.05, 0) is 61.9 Å². The summed E-state index contributed by atoms with van der Waals surface area (Å²) in [6.07, 6.45) is 0. The molecule has 3 aromatic rings. The van der Waals surface area contributed by atoms with Crippen LogP contribution < -0.4 is 24.2 Å². The van der Waals surface area contributed by atoms with E-state index in [9.17, 15) is 14.7 Å². The summed E-state index contributed by atoms with van der Waals surface area (Å²) in [6, 6.07) is 17.2. The van der Waals surface area contributed by atoms with Gasteiger partial charge in [0.15, 0.2) is 0 Å². The Labute approximate surface area is 240 Å². The van der Waals surface area contributed by atoms with E-state index in [1.54, 1.807) is 12.1 Å². The highest BCUT2D eigenvalue weighted by atomic mass is 35.5. The number of rotatable bonds is 9. The molecule has 8 nitrogen and oxygen atoms in total. The number of amides is 1. The van der Waals surface area contributed by atoms with Crippen LogP contribution in [0, 0.1) is 0 Å². The summed E-state index contributed by atoms with van der Waals surface area (Å²) in [7, 11) is 6.73. The maximum absolute atomic E-state index is 13.6. The van der Waals surface area contributed by atoms with Gasteiger partial charge >= 0.3 is 0 Å². The molecule has 0 spiro atoms. The van der Waals surface area contributed by atoms with Crippen LogP contribution in [0.25, 0.3) is 5.76 Å². The summed E-state index contributed by atoms with van der Waals surface area (Å²) in [5.74, 6) is -1.40. The third kappa shape index (κ3) is 5.19. The molecule has 0 radical (unpaired) electrons. The summed E-state index contributed by atoms with van der Waals surface area (Å²) >= 11 is 6.28. The molecule has 1 amide bonds. The Balaban J connectivity index is 1.95. The maximum atomic E-state index is 13.6. The van der Waals surface area contributed by atoms with Crippen LogP contribution in [0.1, 0.15) is 31.0 Å². The van der Waals surface area contributed by atoms with Crippen LogP contribution in [0.3, 0.4) is 0 Å². The minimum atomic E-state index is -0.887. The largest absolute Gasteiger partial charge is 0.507 e. The highest BCUT2D eigenvalue weighted by molar-refractivity contribution is 6.51. The molecule has 1 atom stereocenters. The molecule has 1 fully saturated rings. The van der Waals surface area contributed by atoms with E-state index in [4.69, 9.17) is 21.1 Å². The van der Waals surface area contributed by atoms with Crippen molar-refractivity contribution in [3.8, 4) is 11.5 Å². The summed E-state index contributed by atoms with van der Waals surface area (Å²) in [6.45, 7) is 5.84. The first-order valence-corrected chi connectivity index (χ1v) is 13.4. The Morgan fingerprint density at radius 1 is 0.900 bits per heavy atom. The van der Waals surface area contributed by atoms with Crippen LogP contribution in [0.4, 0.5) is 17.1 Å². The van der Waals surface area contributed by atoms with Gasteiger partial charge in [-0.3, -0.25) is 14.5 Å². The molecule has 9 heteroatoms. The molecule has 3 aromatic carbocycles. The molecule has 0 bridgehead atoms. The van der Waals surface area contributed by atoms with Crippen molar-refractivity contribution in [2.45, 2.75) is 19.9 Å². The number of hydrogen-bond acceptors (Lipinski definition) is 7. The molecule has 1 aliphatic rings. The minimum Gasteiger partial charge on any atom is -0.507 e. The number of anilines is 3. The first-order valence-electron chi connectivity index (χ1n) is 13.0. The molecule has 4 rings (SSSR count). The molecule has 1 aliphatic heterocycles. The summed E-state index contributed by atoms with van der Waals surface area (Å²) < 4.78 is 10.8. The van der Waals surface area contributed by atoms with E-state index in [1.165, 1.54) is 31.3 Å². The van der Waals surface area contributed by atoms with Crippen molar-refractivity contribution in [2.75, 3.05) is 56.1 Å². The molecule has 0 aliphatic carbocycles. The molecule has 1 N–H and O–H groups in total. The second-order valence-electron chi connectivity index (χ2n) is 9.53. The van der Waals surface area contributed by atoms with E-state index >= 15 is 0 Å². The summed E-state index contributed by atoms with van der Waals surface area (Å²) in [5.41, 5.74) is 3.30. The van der Waals surface area contributed by atoms with Crippen molar-refractivity contribution in [1.82, 2.24) is 0 Å². The smallest absolute Gasteiger partial charge is 0.300 e. The van der Waals surface area contributed by atoms with Gasteiger partial charge in [0, 0.05) is 50.3 Å². The van der Waals surface area contributed by atoms with Gasteiger partial charge < -0.3 is 24.4 Å². The molecular weight excluding hydrogens is 530 g/mol. The average molecular weight is 564 g/mol. The average Bonchev–Trinajstić information content (AvgIpc) is 3.23. The lowest BCUT2D eigenvalue weighted by Crippen LogP contribution is -2.29. The Morgan fingerprint density at radius 2 is 1.48 bits per heavy atom. The van der Waals surface area contributed by atoms with Crippen molar-refractivity contribution >= 4 is 46.1 Å². The van der Waals surface area contributed by atoms with Crippen molar-refractivity contribution < 1.29 is 24.2 Å². The second-order valence-corrected chi connectivity index (χ2v) is 9.94. The summed E-state index contributed by atoms with van der Waals surface area (Å²) in [5, 5.41) is 11.9. The Hall–Kier alpha value is -4.17. The molecular formula is C31H34ClN3O5. The quantitative estimate of drug-likeness (QED) is 0.197. The standard InChI is InChI=1S/C31H34ClN3O5/c1-7-34(8-2)21-11-9-19(10-12-21)28-27(29(36)23-17-26(40-6)24(32)18-25(23)39-5)30(37)31(38)35(28)22-15-13-20(14-16-22)33(3)4/h9-18,28,36H,7-8H2,1-6H3/b29-27+. The van der Waals surface area contributed by atoms with Crippen LogP contribution in [0.15, 0.2) is 66.2 Å². The normalized spacial score (nSPS) is 16.3. The number of ether oxygens (including phenoxy) is 2. The van der Waals surface area contributed by atoms with Gasteiger partial charge in [0.05, 0.1) is 36.4 Å². The van der Waals surface area contributed by atoms with Crippen molar-refractivity contribution in [3.05, 3.63) is 82.4 Å². The number of methoxy groups -OCH3 is 2. The first kappa shape index (κ1) is 28.8. The van der Waals surface area contributed by atoms with E-state index in [-0.39, 0.29) is 33.4 Å². The number of halogens is 1. The van der Waals surface area contributed by atoms with E-state index in [2.05, 4.69) is 18.7 Å². The predicted octanol–water partition coefficient (Wildman–Crippen LogP) is 5.90. The predicted molar refractivity (Wildman–Crippen MR) is 160 cm³/mol. The Morgan fingerprint density at radius 3 is 2.00 bits per heavy atom. The zero-order valence-electron chi connectivity index (χ0n) is 23.6. The lowest BCUT2D eigenvalue weighted by Gasteiger charge is -2.27. The highest BCUT2D eigenvalue weighted by Crippen LogP contribution is 2.45. The van der Waals surface area contributed by atoms with Gasteiger partial charge in [-0.1, -0.05) is 23.7 Å². The van der Waals surface area contributed by atoms with E-state index in [0.29, 0.717) is 11.3 Å². The number of hydrogen-bond donors (Lipinski definition) is 1. The van der Waals surface area contributed by atoms with E-state index in [1.807, 2.05) is 55.4 Å². The minimum absolute atomic E-state index is 0.0556. The Bertz CT molecular complexity index is 1430. The van der Waals surface area contributed by atoms with Gasteiger partial charge in [-0.25, -0.2) is 0 Å². The zero-order valence-corrected chi connectivity index (χ0v) is 24.3. The highest BCUT2D eigenvalue weighted by Gasteiger charge is 2.47. The number of carbonyl (C=O) groups excluding carboxylic acids is 2. The molecule has 210 valence electrons. The van der Waals surface area contributed by atoms with Crippen molar-refractivity contribution in [3.63, 3.8) is 0 Å². The van der Waals surface area contributed by atoms with Gasteiger partial charge in [0.2, 0.25) is 0 Å². The molecule has 1 unspecified atom stereocenters. The molecule has 1 heterocycles. The Kier molecular flexibility index (Phi) is 8.59. The summed E-state index contributed by atoms with van der Waals surface area (Å²) in [4.78, 5) is 32.8.